The van der Waals surface area contributed by atoms with Gasteiger partial charge in [0.05, 0.1) is 5.56 Å². The van der Waals surface area contributed by atoms with Gasteiger partial charge in [0.1, 0.15) is 0 Å². The molecule has 102 valence electrons. The average molecular weight is 268 g/mol. The Bertz CT molecular complexity index is 626. The molecule has 0 spiro atoms. The highest BCUT2D eigenvalue weighted by atomic mass is 16.4. The summed E-state index contributed by atoms with van der Waals surface area (Å²) in [5, 5.41) is 9.08. The predicted molar refractivity (Wildman–Crippen MR) is 77.3 cm³/mol. The first-order chi connectivity index (χ1) is 9.74. The summed E-state index contributed by atoms with van der Waals surface area (Å²) in [6.45, 7) is 1.85. The van der Waals surface area contributed by atoms with Crippen LogP contribution < -0.4 is 4.90 Å². The van der Waals surface area contributed by atoms with Crippen molar-refractivity contribution in [3.8, 4) is 0 Å². The number of hydrogen-bond acceptors (Lipinski definition) is 3. The molecule has 0 unspecified atom stereocenters. The van der Waals surface area contributed by atoms with Crippen molar-refractivity contribution in [3.05, 3.63) is 59.4 Å². The first-order valence-electron chi connectivity index (χ1n) is 6.74. The van der Waals surface area contributed by atoms with Gasteiger partial charge in [0.15, 0.2) is 0 Å². The fourth-order valence-electron chi connectivity index (χ4n) is 2.62. The molecule has 1 aromatic carbocycles. The van der Waals surface area contributed by atoms with Crippen molar-refractivity contribution in [1.82, 2.24) is 4.98 Å². The molecule has 1 aliphatic heterocycles. The van der Waals surface area contributed by atoms with Crippen molar-refractivity contribution in [2.24, 2.45) is 0 Å². The molecule has 0 saturated carbocycles. The molecule has 0 amide bonds. The molecule has 0 bridgehead atoms. The Balaban J connectivity index is 1.75. The number of fused-ring (bicyclic) bond motifs is 1. The minimum absolute atomic E-state index is 0.358. The Kier molecular flexibility index (Phi) is 3.37. The maximum atomic E-state index is 11.1. The van der Waals surface area contributed by atoms with Gasteiger partial charge in [-0.2, -0.15) is 0 Å². The van der Waals surface area contributed by atoms with Crippen LogP contribution in [-0.4, -0.2) is 29.1 Å². The Hall–Kier alpha value is -2.36. The third-order valence-corrected chi connectivity index (χ3v) is 3.72. The summed E-state index contributed by atoms with van der Waals surface area (Å²) >= 11 is 0. The zero-order chi connectivity index (χ0) is 13.9. The van der Waals surface area contributed by atoms with Gasteiger partial charge in [-0.25, -0.2) is 4.79 Å². The lowest BCUT2D eigenvalue weighted by atomic mass is 10.1. The molecule has 2 heterocycles. The van der Waals surface area contributed by atoms with Crippen molar-refractivity contribution in [2.75, 3.05) is 18.0 Å². The van der Waals surface area contributed by atoms with E-state index >= 15 is 0 Å². The van der Waals surface area contributed by atoms with Crippen LogP contribution in [0.25, 0.3) is 0 Å². The number of carboxylic acids is 1. The van der Waals surface area contributed by atoms with Gasteiger partial charge < -0.3 is 10.0 Å². The minimum atomic E-state index is -0.869. The number of anilines is 1. The van der Waals surface area contributed by atoms with Crippen LogP contribution in [0, 0.1) is 0 Å². The summed E-state index contributed by atoms with van der Waals surface area (Å²) < 4.78 is 0. The second-order valence-corrected chi connectivity index (χ2v) is 5.00. The van der Waals surface area contributed by atoms with Crippen molar-refractivity contribution >= 4 is 11.7 Å². The van der Waals surface area contributed by atoms with Crippen LogP contribution in [0.2, 0.25) is 0 Å². The highest BCUT2D eigenvalue weighted by molar-refractivity contribution is 5.89. The maximum absolute atomic E-state index is 11.1. The van der Waals surface area contributed by atoms with Crippen molar-refractivity contribution in [2.45, 2.75) is 12.8 Å². The largest absolute Gasteiger partial charge is 0.478 e. The van der Waals surface area contributed by atoms with E-state index in [1.807, 2.05) is 18.3 Å². The lowest BCUT2D eigenvalue weighted by Gasteiger charge is -2.19. The summed E-state index contributed by atoms with van der Waals surface area (Å²) in [6.07, 6.45) is 5.56. The maximum Gasteiger partial charge on any atom is 0.335 e. The van der Waals surface area contributed by atoms with Gasteiger partial charge in [-0.15, -0.1) is 0 Å². The molecular weight excluding hydrogens is 252 g/mol. The number of benzene rings is 1. The van der Waals surface area contributed by atoms with Gasteiger partial charge in [0.25, 0.3) is 0 Å². The first kappa shape index (κ1) is 12.7. The highest BCUT2D eigenvalue weighted by Crippen LogP contribution is 2.29. The Labute approximate surface area is 117 Å². The van der Waals surface area contributed by atoms with Gasteiger partial charge in [0, 0.05) is 31.2 Å². The van der Waals surface area contributed by atoms with Gasteiger partial charge >= 0.3 is 5.97 Å². The summed E-state index contributed by atoms with van der Waals surface area (Å²) in [5.74, 6) is -0.869. The van der Waals surface area contributed by atoms with Crippen LogP contribution in [0.5, 0.6) is 0 Å². The van der Waals surface area contributed by atoms with Crippen LogP contribution >= 0.6 is 0 Å². The quantitative estimate of drug-likeness (QED) is 0.925. The Morgan fingerprint density at radius 3 is 3.00 bits per heavy atom. The molecule has 4 heteroatoms. The molecule has 0 fully saturated rings. The standard InChI is InChI=1S/C16H16N2O2/c19-16(20)14-4-3-13-6-9-18(15(13)10-14)8-5-12-2-1-7-17-11-12/h1-4,7,10-11H,5-6,8-9H2,(H,19,20). The van der Waals surface area contributed by atoms with Crippen molar-refractivity contribution in [3.63, 3.8) is 0 Å². The number of hydrogen-bond donors (Lipinski definition) is 1. The van der Waals surface area contributed by atoms with Crippen LogP contribution in [-0.2, 0) is 12.8 Å². The summed E-state index contributed by atoms with van der Waals surface area (Å²) in [5.41, 5.74) is 3.86. The number of pyridine rings is 1. The second-order valence-electron chi connectivity index (χ2n) is 5.00. The number of nitrogens with zero attached hydrogens (tertiary/aromatic N) is 2. The molecule has 0 radical (unpaired) electrons. The predicted octanol–water partition coefficient (Wildman–Crippen LogP) is 2.39. The molecule has 0 atom stereocenters. The van der Waals surface area contributed by atoms with E-state index in [0.29, 0.717) is 5.56 Å². The minimum Gasteiger partial charge on any atom is -0.478 e. The zero-order valence-electron chi connectivity index (χ0n) is 11.1. The molecule has 1 N–H and O–H groups in total. The summed E-state index contributed by atoms with van der Waals surface area (Å²) in [6, 6.07) is 9.41. The van der Waals surface area contributed by atoms with E-state index in [-0.39, 0.29) is 0 Å². The second kappa shape index (κ2) is 5.33. The molecule has 4 nitrogen and oxygen atoms in total. The van der Waals surface area contributed by atoms with E-state index in [9.17, 15) is 4.79 Å². The van der Waals surface area contributed by atoms with Crippen molar-refractivity contribution < 1.29 is 9.90 Å². The number of rotatable bonds is 4. The van der Waals surface area contributed by atoms with E-state index in [0.717, 1.165) is 31.6 Å². The molecule has 1 aliphatic rings. The zero-order valence-corrected chi connectivity index (χ0v) is 11.1. The highest BCUT2D eigenvalue weighted by Gasteiger charge is 2.20. The lowest BCUT2D eigenvalue weighted by molar-refractivity contribution is 0.0697. The number of carbonyl (C=O) groups is 1. The molecular formula is C16H16N2O2. The van der Waals surface area contributed by atoms with Gasteiger partial charge in [-0.1, -0.05) is 12.1 Å². The number of carboxylic acid groups (broad SMARTS) is 1. The van der Waals surface area contributed by atoms with Gasteiger partial charge in [0.2, 0.25) is 0 Å². The van der Waals surface area contributed by atoms with E-state index in [2.05, 4.69) is 16.0 Å². The van der Waals surface area contributed by atoms with Crippen LogP contribution in [0.3, 0.4) is 0 Å². The number of aromatic nitrogens is 1. The monoisotopic (exact) mass is 268 g/mol. The smallest absolute Gasteiger partial charge is 0.335 e. The van der Waals surface area contributed by atoms with Crippen LogP contribution in [0.4, 0.5) is 5.69 Å². The van der Waals surface area contributed by atoms with E-state index < -0.39 is 5.97 Å². The fourth-order valence-corrected chi connectivity index (χ4v) is 2.62. The average Bonchev–Trinajstić information content (AvgIpc) is 2.88. The third-order valence-electron chi connectivity index (χ3n) is 3.72. The molecule has 0 aliphatic carbocycles. The normalized spacial score (nSPS) is 13.3. The SMILES string of the molecule is O=C(O)c1ccc2c(c1)N(CCc1cccnc1)CC2. The fraction of sp³-hybridized carbons (Fsp3) is 0.250. The summed E-state index contributed by atoms with van der Waals surface area (Å²) in [4.78, 5) is 17.4. The third kappa shape index (κ3) is 2.50. The van der Waals surface area contributed by atoms with Crippen molar-refractivity contribution in [1.29, 1.82) is 0 Å². The lowest BCUT2D eigenvalue weighted by Crippen LogP contribution is -2.23. The molecule has 20 heavy (non-hydrogen) atoms. The topological polar surface area (TPSA) is 53.4 Å². The van der Waals surface area contributed by atoms with E-state index in [1.165, 1.54) is 11.1 Å². The first-order valence-corrected chi connectivity index (χ1v) is 6.74. The molecule has 3 rings (SSSR count). The van der Waals surface area contributed by atoms with Crippen LogP contribution in [0.15, 0.2) is 42.7 Å². The van der Waals surface area contributed by atoms with E-state index in [1.54, 1.807) is 18.3 Å². The van der Waals surface area contributed by atoms with Gasteiger partial charge in [-0.05, 0) is 42.2 Å². The Morgan fingerprint density at radius 2 is 2.25 bits per heavy atom. The van der Waals surface area contributed by atoms with Gasteiger partial charge in [-0.3, -0.25) is 4.98 Å². The molecule has 0 saturated heterocycles. The molecule has 2 aromatic rings. The molecule has 1 aromatic heterocycles. The van der Waals surface area contributed by atoms with E-state index in [4.69, 9.17) is 5.11 Å². The van der Waals surface area contributed by atoms with Crippen LogP contribution in [0.1, 0.15) is 21.5 Å². The Morgan fingerprint density at radius 1 is 1.35 bits per heavy atom. The summed E-state index contributed by atoms with van der Waals surface area (Å²) in [7, 11) is 0. The number of aromatic carboxylic acids is 1.